The SMILES string of the molecule is CC(C)(C)OC(=O)NC1(CCCN2CCNCC2)CCC1. The fraction of sp³-hybridized carbons (Fsp3) is 0.938. The second-order valence-electron chi connectivity index (χ2n) is 7.46. The van der Waals surface area contributed by atoms with Crippen LogP contribution in [-0.4, -0.2) is 54.9 Å². The Bertz CT molecular complexity index is 342. The highest BCUT2D eigenvalue weighted by Crippen LogP contribution is 2.36. The lowest BCUT2D eigenvalue weighted by molar-refractivity contribution is 0.0363. The Morgan fingerprint density at radius 2 is 1.95 bits per heavy atom. The van der Waals surface area contributed by atoms with Crippen LogP contribution < -0.4 is 10.6 Å². The topological polar surface area (TPSA) is 53.6 Å². The average Bonchev–Trinajstić information content (AvgIpc) is 2.34. The van der Waals surface area contributed by atoms with Gasteiger partial charge >= 0.3 is 6.09 Å². The Hall–Kier alpha value is -0.810. The first-order chi connectivity index (χ1) is 9.89. The number of nitrogens with zero attached hydrogens (tertiary/aromatic N) is 1. The second-order valence-corrected chi connectivity index (χ2v) is 7.46. The smallest absolute Gasteiger partial charge is 0.408 e. The fourth-order valence-electron chi connectivity index (χ4n) is 3.14. The van der Waals surface area contributed by atoms with Gasteiger partial charge in [0.05, 0.1) is 0 Å². The van der Waals surface area contributed by atoms with E-state index in [1.165, 1.54) is 6.42 Å². The van der Waals surface area contributed by atoms with Crippen LogP contribution in [-0.2, 0) is 4.74 Å². The third-order valence-corrected chi connectivity index (χ3v) is 4.42. The summed E-state index contributed by atoms with van der Waals surface area (Å²) in [4.78, 5) is 14.5. The molecule has 0 atom stereocenters. The molecular formula is C16H31N3O2. The van der Waals surface area contributed by atoms with Gasteiger partial charge in [-0.15, -0.1) is 0 Å². The van der Waals surface area contributed by atoms with E-state index in [0.29, 0.717) is 0 Å². The zero-order chi connectivity index (χ0) is 15.3. The summed E-state index contributed by atoms with van der Waals surface area (Å²) in [5.74, 6) is 0. The van der Waals surface area contributed by atoms with Crippen molar-refractivity contribution in [3.05, 3.63) is 0 Å². The maximum absolute atomic E-state index is 12.0. The number of hydrogen-bond acceptors (Lipinski definition) is 4. The summed E-state index contributed by atoms with van der Waals surface area (Å²) >= 11 is 0. The van der Waals surface area contributed by atoms with Crippen molar-refractivity contribution in [2.75, 3.05) is 32.7 Å². The van der Waals surface area contributed by atoms with Gasteiger partial charge < -0.3 is 20.3 Å². The summed E-state index contributed by atoms with van der Waals surface area (Å²) in [5.41, 5.74) is -0.424. The van der Waals surface area contributed by atoms with Gasteiger partial charge in [-0.05, 0) is 59.4 Å². The first kappa shape index (κ1) is 16.6. The van der Waals surface area contributed by atoms with E-state index in [1.54, 1.807) is 0 Å². The van der Waals surface area contributed by atoms with Crippen molar-refractivity contribution in [1.82, 2.24) is 15.5 Å². The molecule has 1 amide bonds. The summed E-state index contributed by atoms with van der Waals surface area (Å²) in [7, 11) is 0. The molecule has 5 heteroatoms. The van der Waals surface area contributed by atoms with Gasteiger partial charge in [0.25, 0.3) is 0 Å². The lowest BCUT2D eigenvalue weighted by Crippen LogP contribution is -2.55. The van der Waals surface area contributed by atoms with Crippen molar-refractivity contribution in [2.24, 2.45) is 0 Å². The molecule has 0 unspecified atom stereocenters. The molecule has 0 bridgehead atoms. The van der Waals surface area contributed by atoms with Crippen molar-refractivity contribution in [3.8, 4) is 0 Å². The van der Waals surface area contributed by atoms with E-state index in [0.717, 1.165) is 58.4 Å². The molecule has 21 heavy (non-hydrogen) atoms. The standard InChI is InChI=1S/C16H31N3O2/c1-15(2,3)21-14(20)18-16(6-4-7-16)8-5-11-19-12-9-17-10-13-19/h17H,4-13H2,1-3H3,(H,18,20). The molecule has 2 N–H and O–H groups in total. The third-order valence-electron chi connectivity index (χ3n) is 4.42. The molecule has 2 aliphatic rings. The number of hydrogen-bond donors (Lipinski definition) is 2. The molecule has 0 aromatic carbocycles. The number of piperazine rings is 1. The van der Waals surface area contributed by atoms with E-state index in [4.69, 9.17) is 4.74 Å². The first-order valence-corrected chi connectivity index (χ1v) is 8.33. The fourth-order valence-corrected chi connectivity index (χ4v) is 3.14. The quantitative estimate of drug-likeness (QED) is 0.816. The van der Waals surface area contributed by atoms with Gasteiger partial charge in [0, 0.05) is 31.7 Å². The molecule has 1 saturated heterocycles. The second kappa shape index (κ2) is 6.97. The van der Waals surface area contributed by atoms with E-state index in [9.17, 15) is 4.79 Å². The van der Waals surface area contributed by atoms with E-state index in [-0.39, 0.29) is 11.6 Å². The number of amides is 1. The van der Waals surface area contributed by atoms with Crippen molar-refractivity contribution in [2.45, 2.75) is 64.0 Å². The number of carbonyl (C=O) groups is 1. The number of ether oxygens (including phenoxy) is 1. The van der Waals surface area contributed by atoms with Crippen LogP contribution >= 0.6 is 0 Å². The van der Waals surface area contributed by atoms with Crippen molar-refractivity contribution < 1.29 is 9.53 Å². The van der Waals surface area contributed by atoms with Crippen LogP contribution in [0.5, 0.6) is 0 Å². The van der Waals surface area contributed by atoms with E-state index in [2.05, 4.69) is 15.5 Å². The summed E-state index contributed by atoms with van der Waals surface area (Å²) < 4.78 is 5.40. The Balaban J connectivity index is 1.72. The summed E-state index contributed by atoms with van der Waals surface area (Å²) in [6.45, 7) is 11.3. The highest BCUT2D eigenvalue weighted by atomic mass is 16.6. The third kappa shape index (κ3) is 5.47. The van der Waals surface area contributed by atoms with Crippen LogP contribution in [0, 0.1) is 0 Å². The van der Waals surface area contributed by atoms with E-state index in [1.807, 2.05) is 20.8 Å². The molecule has 0 aromatic heterocycles. The maximum atomic E-state index is 12.0. The lowest BCUT2D eigenvalue weighted by atomic mass is 9.73. The highest BCUT2D eigenvalue weighted by molar-refractivity contribution is 5.69. The monoisotopic (exact) mass is 297 g/mol. The molecular weight excluding hydrogens is 266 g/mol. The van der Waals surface area contributed by atoms with E-state index >= 15 is 0 Å². The van der Waals surface area contributed by atoms with Crippen molar-refractivity contribution in [1.29, 1.82) is 0 Å². The minimum absolute atomic E-state index is 0.00360. The lowest BCUT2D eigenvalue weighted by Gasteiger charge is -2.43. The Labute approximate surface area is 128 Å². The zero-order valence-electron chi connectivity index (χ0n) is 13.8. The molecule has 0 radical (unpaired) electrons. The highest BCUT2D eigenvalue weighted by Gasteiger charge is 2.38. The van der Waals surface area contributed by atoms with Crippen LogP contribution in [0.15, 0.2) is 0 Å². The largest absolute Gasteiger partial charge is 0.444 e. The molecule has 0 spiro atoms. The molecule has 1 saturated carbocycles. The van der Waals surface area contributed by atoms with Gasteiger partial charge in [-0.3, -0.25) is 0 Å². The van der Waals surface area contributed by atoms with Crippen LogP contribution in [0.3, 0.4) is 0 Å². The van der Waals surface area contributed by atoms with Crippen LogP contribution in [0.4, 0.5) is 4.79 Å². The molecule has 1 aliphatic heterocycles. The van der Waals surface area contributed by atoms with Gasteiger partial charge in [0.15, 0.2) is 0 Å². The summed E-state index contributed by atoms with van der Waals surface area (Å²) in [6.07, 6.45) is 5.35. The predicted molar refractivity (Wildman–Crippen MR) is 84.5 cm³/mol. The Morgan fingerprint density at radius 1 is 1.29 bits per heavy atom. The number of carbonyl (C=O) groups excluding carboxylic acids is 1. The molecule has 0 aromatic rings. The van der Waals surface area contributed by atoms with Gasteiger partial charge in [-0.2, -0.15) is 0 Å². The Morgan fingerprint density at radius 3 is 2.48 bits per heavy atom. The first-order valence-electron chi connectivity index (χ1n) is 8.33. The van der Waals surface area contributed by atoms with E-state index < -0.39 is 5.60 Å². The summed E-state index contributed by atoms with van der Waals surface area (Å²) in [6, 6.07) is 0. The molecule has 5 nitrogen and oxygen atoms in total. The molecule has 2 fully saturated rings. The molecule has 2 rings (SSSR count). The van der Waals surface area contributed by atoms with Crippen molar-refractivity contribution >= 4 is 6.09 Å². The van der Waals surface area contributed by atoms with Crippen LogP contribution in [0.1, 0.15) is 52.9 Å². The van der Waals surface area contributed by atoms with Gasteiger partial charge in [-0.25, -0.2) is 4.79 Å². The maximum Gasteiger partial charge on any atom is 0.408 e. The Kier molecular flexibility index (Phi) is 5.49. The molecule has 1 heterocycles. The van der Waals surface area contributed by atoms with Crippen LogP contribution in [0.25, 0.3) is 0 Å². The van der Waals surface area contributed by atoms with Gasteiger partial charge in [0.2, 0.25) is 0 Å². The molecule has 122 valence electrons. The predicted octanol–water partition coefficient (Wildman–Crippen LogP) is 2.12. The minimum atomic E-state index is -0.421. The minimum Gasteiger partial charge on any atom is -0.444 e. The zero-order valence-corrected chi connectivity index (χ0v) is 13.8. The van der Waals surface area contributed by atoms with Crippen LogP contribution in [0.2, 0.25) is 0 Å². The number of alkyl carbamates (subject to hydrolysis) is 1. The number of nitrogens with one attached hydrogen (secondary N) is 2. The molecule has 1 aliphatic carbocycles. The van der Waals surface area contributed by atoms with Gasteiger partial charge in [-0.1, -0.05) is 0 Å². The van der Waals surface area contributed by atoms with Crippen molar-refractivity contribution in [3.63, 3.8) is 0 Å². The average molecular weight is 297 g/mol. The summed E-state index contributed by atoms with van der Waals surface area (Å²) in [5, 5.41) is 6.51. The number of rotatable bonds is 5. The normalized spacial score (nSPS) is 22.4. The van der Waals surface area contributed by atoms with Gasteiger partial charge in [0.1, 0.15) is 5.60 Å².